The van der Waals surface area contributed by atoms with Crippen LogP contribution in [0.4, 0.5) is 23.7 Å². The summed E-state index contributed by atoms with van der Waals surface area (Å²) in [6.07, 6.45) is -4.77. The molecule has 0 spiro atoms. The Morgan fingerprint density at radius 2 is 1.61 bits per heavy atom. The number of halogens is 3. The van der Waals surface area contributed by atoms with Gasteiger partial charge in [-0.2, -0.15) is 13.2 Å². The van der Waals surface area contributed by atoms with Crippen molar-refractivity contribution < 1.29 is 37.7 Å². The zero-order valence-corrected chi connectivity index (χ0v) is 24.3. The van der Waals surface area contributed by atoms with Crippen molar-refractivity contribution in [2.45, 2.75) is 89.7 Å². The summed E-state index contributed by atoms with van der Waals surface area (Å²) in [6, 6.07) is 14.6. The number of rotatable bonds is 10. The maximum absolute atomic E-state index is 13.4. The van der Waals surface area contributed by atoms with Crippen molar-refractivity contribution in [1.82, 2.24) is 5.32 Å². The number of alkyl halides is 3. The monoisotopic (exact) mass is 578 g/mol. The fourth-order valence-electron chi connectivity index (χ4n) is 4.75. The highest BCUT2D eigenvalue weighted by molar-refractivity contribution is 5.96. The van der Waals surface area contributed by atoms with Crippen molar-refractivity contribution in [2.24, 2.45) is 5.92 Å². The normalized spacial score (nSPS) is 19.3. The molecule has 1 fully saturated rings. The van der Waals surface area contributed by atoms with Gasteiger partial charge < -0.3 is 25.2 Å². The van der Waals surface area contributed by atoms with Gasteiger partial charge in [0.15, 0.2) is 5.60 Å². The van der Waals surface area contributed by atoms with E-state index in [1.807, 2.05) is 36.4 Å². The van der Waals surface area contributed by atoms with Crippen LogP contribution >= 0.6 is 0 Å². The predicted molar refractivity (Wildman–Crippen MR) is 151 cm³/mol. The van der Waals surface area contributed by atoms with E-state index in [0.717, 1.165) is 16.7 Å². The highest BCUT2D eigenvalue weighted by Crippen LogP contribution is 2.49. The lowest BCUT2D eigenvalue weighted by molar-refractivity contribution is -0.295. The SMILES string of the molecule is CC(C)(C)OC(=O)NCCCCCN(C(=O)C1CC(O)(C(F)(F)F)C1)c1cccc(-c2ccc(C(C)(C)O)cc2)c1. The molecule has 0 unspecified atom stereocenters. The van der Waals surface area contributed by atoms with E-state index in [9.17, 15) is 33.0 Å². The van der Waals surface area contributed by atoms with Crippen LogP contribution in [0, 0.1) is 5.92 Å². The average Bonchev–Trinajstić information content (AvgIpc) is 2.84. The molecule has 41 heavy (non-hydrogen) atoms. The number of hydrogen-bond acceptors (Lipinski definition) is 5. The van der Waals surface area contributed by atoms with Crippen LogP contribution in [-0.2, 0) is 15.1 Å². The molecule has 2 aromatic rings. The number of anilines is 1. The number of aliphatic hydroxyl groups is 2. The second-order valence-corrected chi connectivity index (χ2v) is 12.3. The standard InChI is InChI=1S/C31H41F3N2O5/c1-28(2,3)41-27(38)35-16-7-6-8-17-36(26(37)23-19-30(40,20-23)31(32,33)34)25-11-9-10-22(18-25)21-12-14-24(15-13-21)29(4,5)39/h9-15,18,23,39-40H,6-8,16-17,19-20H2,1-5H3,(H,35,38). The number of carbonyl (C=O) groups excluding carboxylic acids is 2. The molecule has 1 aliphatic carbocycles. The van der Waals surface area contributed by atoms with Gasteiger partial charge in [0.1, 0.15) is 5.60 Å². The Balaban J connectivity index is 1.71. The zero-order chi connectivity index (χ0) is 30.6. The molecule has 1 aliphatic rings. The Bertz CT molecular complexity index is 1190. The molecule has 0 heterocycles. The molecule has 226 valence electrons. The Hall–Kier alpha value is -3.11. The Morgan fingerprint density at radius 1 is 0.976 bits per heavy atom. The lowest BCUT2D eigenvalue weighted by Crippen LogP contribution is -2.59. The maximum Gasteiger partial charge on any atom is 0.417 e. The third kappa shape index (κ3) is 8.69. The second kappa shape index (κ2) is 12.4. The molecule has 3 rings (SSSR count). The van der Waals surface area contributed by atoms with Gasteiger partial charge in [-0.1, -0.05) is 36.4 Å². The molecule has 7 nitrogen and oxygen atoms in total. The molecule has 3 N–H and O–H groups in total. The van der Waals surface area contributed by atoms with E-state index in [2.05, 4.69) is 5.32 Å². The molecular weight excluding hydrogens is 537 g/mol. The fourth-order valence-corrected chi connectivity index (χ4v) is 4.75. The van der Waals surface area contributed by atoms with Crippen LogP contribution in [0.3, 0.4) is 0 Å². The van der Waals surface area contributed by atoms with Crippen molar-refractivity contribution in [3.05, 3.63) is 54.1 Å². The van der Waals surface area contributed by atoms with Gasteiger partial charge in [-0.15, -0.1) is 0 Å². The van der Waals surface area contributed by atoms with Crippen molar-refractivity contribution in [3.63, 3.8) is 0 Å². The highest BCUT2D eigenvalue weighted by atomic mass is 19.4. The first-order chi connectivity index (χ1) is 18.9. The van der Waals surface area contributed by atoms with E-state index in [0.29, 0.717) is 31.5 Å². The largest absolute Gasteiger partial charge is 0.444 e. The summed E-state index contributed by atoms with van der Waals surface area (Å²) in [5.41, 5.74) is -1.47. The average molecular weight is 579 g/mol. The smallest absolute Gasteiger partial charge is 0.417 e. The summed E-state index contributed by atoms with van der Waals surface area (Å²) in [6.45, 7) is 9.37. The number of unbranched alkanes of at least 4 members (excludes halogenated alkanes) is 2. The highest BCUT2D eigenvalue weighted by Gasteiger charge is 2.63. The molecule has 2 aromatic carbocycles. The van der Waals surface area contributed by atoms with Gasteiger partial charge in [-0.3, -0.25) is 4.79 Å². The van der Waals surface area contributed by atoms with E-state index in [1.54, 1.807) is 46.8 Å². The lowest BCUT2D eigenvalue weighted by Gasteiger charge is -2.45. The molecule has 0 atom stereocenters. The summed E-state index contributed by atoms with van der Waals surface area (Å²) in [5.74, 6) is -1.40. The van der Waals surface area contributed by atoms with Crippen molar-refractivity contribution in [3.8, 4) is 11.1 Å². The number of benzene rings is 2. The first kappa shape index (κ1) is 32.4. The minimum absolute atomic E-state index is 0.271. The number of ether oxygens (including phenoxy) is 1. The second-order valence-electron chi connectivity index (χ2n) is 12.3. The number of nitrogens with zero attached hydrogens (tertiary/aromatic N) is 1. The molecule has 2 amide bonds. The van der Waals surface area contributed by atoms with E-state index in [4.69, 9.17) is 4.74 Å². The van der Waals surface area contributed by atoms with E-state index >= 15 is 0 Å². The van der Waals surface area contributed by atoms with Gasteiger partial charge >= 0.3 is 12.3 Å². The first-order valence-electron chi connectivity index (χ1n) is 13.9. The van der Waals surface area contributed by atoms with Crippen LogP contribution in [0.1, 0.15) is 72.3 Å². The molecule has 0 aromatic heterocycles. The summed E-state index contributed by atoms with van der Waals surface area (Å²) in [4.78, 5) is 26.8. The minimum Gasteiger partial charge on any atom is -0.444 e. The van der Waals surface area contributed by atoms with Crippen molar-refractivity contribution in [1.29, 1.82) is 0 Å². The van der Waals surface area contributed by atoms with Crippen LogP contribution < -0.4 is 10.2 Å². The Kier molecular flexibility index (Phi) is 9.80. The fraction of sp³-hybridized carbons (Fsp3) is 0.548. The molecule has 1 saturated carbocycles. The summed E-state index contributed by atoms with van der Waals surface area (Å²) in [7, 11) is 0. The number of hydrogen-bond donors (Lipinski definition) is 3. The molecule has 0 saturated heterocycles. The van der Waals surface area contributed by atoms with Crippen molar-refractivity contribution >= 4 is 17.7 Å². The Morgan fingerprint density at radius 3 is 2.17 bits per heavy atom. The Labute approximate surface area is 239 Å². The van der Waals surface area contributed by atoms with Crippen LogP contribution in [0.2, 0.25) is 0 Å². The number of alkyl carbamates (subject to hydrolysis) is 1. The number of nitrogens with one attached hydrogen (secondary N) is 1. The van der Waals surface area contributed by atoms with E-state index < -0.39 is 53.7 Å². The van der Waals surface area contributed by atoms with Gasteiger partial charge in [0.05, 0.1) is 5.60 Å². The third-order valence-corrected chi connectivity index (χ3v) is 7.12. The van der Waals surface area contributed by atoms with Gasteiger partial charge in [0, 0.05) is 24.7 Å². The number of amides is 2. The van der Waals surface area contributed by atoms with Crippen molar-refractivity contribution in [2.75, 3.05) is 18.0 Å². The van der Waals surface area contributed by atoms with Crippen LogP contribution in [0.15, 0.2) is 48.5 Å². The molecular formula is C31H41F3N2O5. The van der Waals surface area contributed by atoms with Crippen LogP contribution in [-0.4, -0.2) is 52.7 Å². The first-order valence-corrected chi connectivity index (χ1v) is 13.9. The van der Waals surface area contributed by atoms with Crippen LogP contribution in [0.5, 0.6) is 0 Å². The van der Waals surface area contributed by atoms with E-state index in [-0.39, 0.29) is 6.54 Å². The summed E-state index contributed by atoms with van der Waals surface area (Å²) >= 11 is 0. The van der Waals surface area contributed by atoms with Gasteiger partial charge in [0.25, 0.3) is 0 Å². The quantitative estimate of drug-likeness (QED) is 0.287. The van der Waals surface area contributed by atoms with Gasteiger partial charge in [-0.05, 0) is 95.5 Å². The molecule has 0 aliphatic heterocycles. The van der Waals surface area contributed by atoms with E-state index in [1.165, 1.54) is 4.90 Å². The van der Waals surface area contributed by atoms with Gasteiger partial charge in [-0.25, -0.2) is 4.79 Å². The summed E-state index contributed by atoms with van der Waals surface area (Å²) in [5, 5.41) is 22.9. The molecule has 0 bridgehead atoms. The van der Waals surface area contributed by atoms with Crippen LogP contribution in [0.25, 0.3) is 11.1 Å². The van der Waals surface area contributed by atoms with Gasteiger partial charge in [0.2, 0.25) is 5.91 Å². The molecule has 10 heteroatoms. The number of carbonyl (C=O) groups is 2. The summed E-state index contributed by atoms with van der Waals surface area (Å²) < 4.78 is 44.9. The molecule has 0 radical (unpaired) electrons. The lowest BCUT2D eigenvalue weighted by atomic mass is 9.69. The zero-order valence-electron chi connectivity index (χ0n) is 24.3. The minimum atomic E-state index is -4.79. The maximum atomic E-state index is 13.4. The third-order valence-electron chi connectivity index (χ3n) is 7.12. The topological polar surface area (TPSA) is 99.1 Å². The predicted octanol–water partition coefficient (Wildman–Crippen LogP) is 6.31.